The number of nitrogens with zero attached hydrogens (tertiary/aromatic N) is 2. The van der Waals surface area contributed by atoms with Crippen LogP contribution in [0.3, 0.4) is 0 Å². The average Bonchev–Trinajstić information content (AvgIpc) is 2.29. The molecule has 17 heavy (non-hydrogen) atoms. The highest BCUT2D eigenvalue weighted by molar-refractivity contribution is 5.42. The van der Waals surface area contributed by atoms with Crippen LogP contribution in [-0.4, -0.2) is 36.4 Å². The van der Waals surface area contributed by atoms with Gasteiger partial charge in [0.1, 0.15) is 5.82 Å². The fraction of sp³-hybridized carbons (Fsp3) is 0.615. The highest BCUT2D eigenvalue weighted by atomic mass is 16.5. The smallest absolute Gasteiger partial charge is 0.129 e. The largest absolute Gasteiger partial charge is 0.392 e. The van der Waals surface area contributed by atoms with Gasteiger partial charge in [-0.3, -0.25) is 0 Å². The maximum atomic E-state index is 9.12. The molecule has 4 nitrogen and oxygen atoms in total. The first-order valence-corrected chi connectivity index (χ1v) is 5.93. The Morgan fingerprint density at radius 2 is 2.12 bits per heavy atom. The normalized spacial score (nSPS) is 10.9. The average molecular weight is 238 g/mol. The summed E-state index contributed by atoms with van der Waals surface area (Å²) in [5.41, 5.74) is 1.76. The Morgan fingerprint density at radius 1 is 1.41 bits per heavy atom. The van der Waals surface area contributed by atoms with E-state index in [9.17, 15) is 0 Å². The van der Waals surface area contributed by atoms with E-state index < -0.39 is 0 Å². The minimum Gasteiger partial charge on any atom is -0.392 e. The molecule has 0 saturated heterocycles. The molecule has 0 amide bonds. The van der Waals surface area contributed by atoms with Crippen molar-refractivity contribution >= 4 is 5.82 Å². The Balaban J connectivity index is 2.90. The van der Waals surface area contributed by atoms with Gasteiger partial charge in [-0.1, -0.05) is 6.07 Å². The first-order valence-electron chi connectivity index (χ1n) is 5.93. The lowest BCUT2D eigenvalue weighted by atomic mass is 10.2. The van der Waals surface area contributed by atoms with E-state index in [0.29, 0.717) is 12.6 Å². The van der Waals surface area contributed by atoms with E-state index in [4.69, 9.17) is 9.84 Å². The standard InChI is InChI=1S/C13H22N2O2/c1-10(2)15(7-8-17-4)13-6-5-12(9-16)11(3)14-13/h5-6,10,16H,7-9H2,1-4H3. The molecular formula is C13H22N2O2. The number of anilines is 1. The number of aliphatic hydroxyl groups is 1. The van der Waals surface area contributed by atoms with Gasteiger partial charge in [-0.15, -0.1) is 0 Å². The predicted molar refractivity (Wildman–Crippen MR) is 69.3 cm³/mol. The molecule has 1 N–H and O–H groups in total. The summed E-state index contributed by atoms with van der Waals surface area (Å²) in [4.78, 5) is 6.72. The topological polar surface area (TPSA) is 45.6 Å². The quantitative estimate of drug-likeness (QED) is 0.820. The summed E-state index contributed by atoms with van der Waals surface area (Å²) in [5.74, 6) is 0.937. The van der Waals surface area contributed by atoms with E-state index in [1.807, 2.05) is 19.1 Å². The monoisotopic (exact) mass is 238 g/mol. The van der Waals surface area contributed by atoms with Crippen LogP contribution in [0.25, 0.3) is 0 Å². The highest BCUT2D eigenvalue weighted by Gasteiger charge is 2.12. The van der Waals surface area contributed by atoms with Gasteiger partial charge in [0.2, 0.25) is 0 Å². The van der Waals surface area contributed by atoms with Crippen molar-refractivity contribution in [2.24, 2.45) is 0 Å². The van der Waals surface area contributed by atoms with Gasteiger partial charge >= 0.3 is 0 Å². The van der Waals surface area contributed by atoms with Gasteiger partial charge in [0, 0.05) is 25.4 Å². The van der Waals surface area contributed by atoms with E-state index in [-0.39, 0.29) is 6.61 Å². The second-order valence-electron chi connectivity index (χ2n) is 4.35. The Labute approximate surface area is 103 Å². The summed E-state index contributed by atoms with van der Waals surface area (Å²) >= 11 is 0. The molecule has 1 aromatic heterocycles. The SMILES string of the molecule is COCCN(c1ccc(CO)c(C)n1)C(C)C. The fourth-order valence-electron chi connectivity index (χ4n) is 1.73. The van der Waals surface area contributed by atoms with Crippen molar-refractivity contribution in [3.63, 3.8) is 0 Å². The van der Waals surface area contributed by atoms with E-state index in [1.165, 1.54) is 0 Å². The molecule has 0 fully saturated rings. The lowest BCUT2D eigenvalue weighted by Crippen LogP contribution is -2.34. The minimum atomic E-state index is 0.0405. The molecule has 0 aliphatic heterocycles. The summed E-state index contributed by atoms with van der Waals surface area (Å²) in [6.07, 6.45) is 0. The third-order valence-electron chi connectivity index (χ3n) is 2.80. The Morgan fingerprint density at radius 3 is 2.59 bits per heavy atom. The molecule has 0 bridgehead atoms. The van der Waals surface area contributed by atoms with Crippen LogP contribution in [0, 0.1) is 6.92 Å². The number of methoxy groups -OCH3 is 1. The number of hydrogen-bond acceptors (Lipinski definition) is 4. The van der Waals surface area contributed by atoms with Crippen molar-refractivity contribution in [3.05, 3.63) is 23.4 Å². The van der Waals surface area contributed by atoms with Crippen molar-refractivity contribution in [2.45, 2.75) is 33.4 Å². The molecule has 0 unspecified atom stereocenters. The molecule has 0 radical (unpaired) electrons. The number of hydrogen-bond donors (Lipinski definition) is 1. The summed E-state index contributed by atoms with van der Waals surface area (Å²) in [5, 5.41) is 9.12. The van der Waals surface area contributed by atoms with Crippen molar-refractivity contribution in [2.75, 3.05) is 25.2 Å². The highest BCUT2D eigenvalue weighted by Crippen LogP contribution is 2.17. The molecule has 1 heterocycles. The van der Waals surface area contributed by atoms with Crippen molar-refractivity contribution in [1.29, 1.82) is 0 Å². The van der Waals surface area contributed by atoms with Crippen LogP contribution in [0.5, 0.6) is 0 Å². The number of aryl methyl sites for hydroxylation is 1. The second-order valence-corrected chi connectivity index (χ2v) is 4.35. The molecule has 1 aromatic rings. The van der Waals surface area contributed by atoms with Gasteiger partial charge in [0.25, 0.3) is 0 Å². The van der Waals surface area contributed by atoms with Gasteiger partial charge in [-0.2, -0.15) is 0 Å². The van der Waals surface area contributed by atoms with Crippen LogP contribution in [0.4, 0.5) is 5.82 Å². The first kappa shape index (κ1) is 13.9. The van der Waals surface area contributed by atoms with Crippen molar-refractivity contribution in [1.82, 2.24) is 4.98 Å². The van der Waals surface area contributed by atoms with E-state index in [0.717, 1.165) is 23.6 Å². The van der Waals surface area contributed by atoms with Gasteiger partial charge in [0.15, 0.2) is 0 Å². The Hall–Kier alpha value is -1.13. The number of rotatable bonds is 6. The number of ether oxygens (including phenoxy) is 1. The number of aromatic nitrogens is 1. The maximum absolute atomic E-state index is 9.12. The van der Waals surface area contributed by atoms with Crippen LogP contribution in [0.2, 0.25) is 0 Å². The molecule has 0 atom stereocenters. The van der Waals surface area contributed by atoms with Crippen LogP contribution >= 0.6 is 0 Å². The van der Waals surface area contributed by atoms with Gasteiger partial charge in [-0.25, -0.2) is 4.98 Å². The second kappa shape index (κ2) is 6.57. The summed E-state index contributed by atoms with van der Waals surface area (Å²) in [6.45, 7) is 7.72. The Bertz CT molecular complexity index is 353. The molecule has 0 aromatic carbocycles. The number of aliphatic hydroxyl groups excluding tert-OH is 1. The number of pyridine rings is 1. The third kappa shape index (κ3) is 3.68. The predicted octanol–water partition coefficient (Wildman–Crippen LogP) is 1.74. The zero-order valence-corrected chi connectivity index (χ0v) is 11.1. The molecule has 96 valence electrons. The fourth-order valence-corrected chi connectivity index (χ4v) is 1.73. The zero-order chi connectivity index (χ0) is 12.8. The van der Waals surface area contributed by atoms with Crippen molar-refractivity contribution < 1.29 is 9.84 Å². The van der Waals surface area contributed by atoms with Crippen LogP contribution in [0.1, 0.15) is 25.1 Å². The van der Waals surface area contributed by atoms with Crippen LogP contribution < -0.4 is 4.90 Å². The zero-order valence-electron chi connectivity index (χ0n) is 11.1. The summed E-state index contributed by atoms with van der Waals surface area (Å²) < 4.78 is 5.11. The Kier molecular flexibility index (Phi) is 5.38. The molecule has 0 aliphatic carbocycles. The molecule has 0 saturated carbocycles. The van der Waals surface area contributed by atoms with Gasteiger partial charge in [-0.05, 0) is 32.4 Å². The first-order chi connectivity index (χ1) is 8.10. The van der Waals surface area contributed by atoms with Crippen molar-refractivity contribution in [3.8, 4) is 0 Å². The lowest BCUT2D eigenvalue weighted by molar-refractivity contribution is 0.203. The molecule has 0 aliphatic rings. The molecule has 1 rings (SSSR count). The van der Waals surface area contributed by atoms with Crippen LogP contribution in [0.15, 0.2) is 12.1 Å². The van der Waals surface area contributed by atoms with Gasteiger partial charge < -0.3 is 14.7 Å². The van der Waals surface area contributed by atoms with E-state index in [2.05, 4.69) is 23.7 Å². The summed E-state index contributed by atoms with van der Waals surface area (Å²) in [6, 6.07) is 4.26. The van der Waals surface area contributed by atoms with Crippen LogP contribution in [-0.2, 0) is 11.3 Å². The van der Waals surface area contributed by atoms with E-state index >= 15 is 0 Å². The van der Waals surface area contributed by atoms with E-state index in [1.54, 1.807) is 7.11 Å². The maximum Gasteiger partial charge on any atom is 0.129 e. The lowest BCUT2D eigenvalue weighted by Gasteiger charge is -2.28. The molecular weight excluding hydrogens is 216 g/mol. The third-order valence-corrected chi connectivity index (χ3v) is 2.80. The van der Waals surface area contributed by atoms with Gasteiger partial charge in [0.05, 0.1) is 13.2 Å². The molecule has 0 spiro atoms. The molecule has 4 heteroatoms. The minimum absolute atomic E-state index is 0.0405. The summed E-state index contributed by atoms with van der Waals surface area (Å²) in [7, 11) is 1.70.